The molecule has 32 heavy (non-hydrogen) atoms. The molecule has 1 aliphatic rings. The Morgan fingerprint density at radius 2 is 1.62 bits per heavy atom. The van der Waals surface area contributed by atoms with Crippen molar-refractivity contribution in [1.82, 2.24) is 10.5 Å². The lowest BCUT2D eigenvalue weighted by molar-refractivity contribution is 0.0706. The second-order valence-electron chi connectivity index (χ2n) is 6.94. The predicted octanol–water partition coefficient (Wildman–Crippen LogP) is 3.75. The van der Waals surface area contributed by atoms with E-state index in [0.29, 0.717) is 17.8 Å². The van der Waals surface area contributed by atoms with Crippen molar-refractivity contribution in [2.24, 2.45) is 0 Å². The van der Waals surface area contributed by atoms with Gasteiger partial charge in [-0.2, -0.15) is 0 Å². The quantitative estimate of drug-likeness (QED) is 0.334. The molecule has 8 nitrogen and oxygen atoms in total. The van der Waals surface area contributed by atoms with E-state index < -0.39 is 17.5 Å². The minimum absolute atomic E-state index is 0.0184. The van der Waals surface area contributed by atoms with Crippen LogP contribution in [0.5, 0.6) is 0 Å². The molecule has 1 aromatic heterocycles. The fourth-order valence-corrected chi connectivity index (χ4v) is 3.41. The summed E-state index contributed by atoms with van der Waals surface area (Å²) in [5, 5.41) is 14.6. The van der Waals surface area contributed by atoms with Gasteiger partial charge in [-0.1, -0.05) is 23.7 Å². The number of Topliss-reactive ketones (excluding diaryl/α,β-unsaturated/α-hetero) is 2. The van der Waals surface area contributed by atoms with Crippen LogP contribution in [0, 0.1) is 0 Å². The van der Waals surface area contributed by atoms with Gasteiger partial charge in [-0.25, -0.2) is 5.48 Å². The van der Waals surface area contributed by atoms with Gasteiger partial charge in [0.15, 0.2) is 0 Å². The molecule has 0 saturated heterocycles. The molecule has 4 N–H and O–H groups in total. The number of halogens is 1. The van der Waals surface area contributed by atoms with Crippen molar-refractivity contribution >= 4 is 40.4 Å². The second-order valence-corrected chi connectivity index (χ2v) is 7.32. The number of pyridine rings is 1. The summed E-state index contributed by atoms with van der Waals surface area (Å²) in [5.74, 6) is -1.45. The first-order valence-corrected chi connectivity index (χ1v) is 9.94. The molecule has 9 heteroatoms. The maximum absolute atomic E-state index is 12.7. The molecule has 0 saturated carbocycles. The number of hydrogen-bond acceptors (Lipinski definition) is 7. The Kier molecular flexibility index (Phi) is 5.98. The third kappa shape index (κ3) is 4.22. The number of aromatic nitrogens is 1. The minimum atomic E-state index is -0.569. The molecular weight excluding hydrogens is 432 g/mol. The maximum Gasteiger partial charge on any atom is 0.274 e. The summed E-state index contributed by atoms with van der Waals surface area (Å²) >= 11 is 6.15. The van der Waals surface area contributed by atoms with E-state index in [-0.39, 0.29) is 22.0 Å². The lowest BCUT2D eigenvalue weighted by atomic mass is 9.97. The third-order valence-electron chi connectivity index (χ3n) is 4.88. The fraction of sp³-hybridized carbons (Fsp3) is 0.0435. The maximum atomic E-state index is 12.7. The molecule has 0 spiro atoms. The van der Waals surface area contributed by atoms with Gasteiger partial charge in [0.1, 0.15) is 16.4 Å². The molecule has 1 heterocycles. The minimum Gasteiger partial charge on any atom is -0.381 e. The Morgan fingerprint density at radius 3 is 2.31 bits per heavy atom. The zero-order chi connectivity index (χ0) is 22.7. The summed E-state index contributed by atoms with van der Waals surface area (Å²) in [6.07, 6.45) is 1.44. The Bertz CT molecular complexity index is 1240. The van der Waals surface area contributed by atoms with Crippen LogP contribution in [0.25, 0.3) is 0 Å². The van der Waals surface area contributed by atoms with E-state index in [1.54, 1.807) is 54.0 Å². The number of benzene rings is 2. The summed E-state index contributed by atoms with van der Waals surface area (Å²) in [7, 11) is 0. The van der Waals surface area contributed by atoms with Crippen LogP contribution in [-0.2, 0) is 6.54 Å². The molecule has 0 aliphatic heterocycles. The Balaban J connectivity index is 1.42. The standard InChI is InChI=1S/C23H17ClN4O4/c24-18-20(21(29)17-2-1-11-25-19(17)22(18)30)27-16-9-7-15(8-10-16)26-12-13-3-5-14(6-4-13)23(31)28-32/h1-11,26-27,32H,12H2,(H,28,31). The Hall–Kier alpha value is -4.01. The van der Waals surface area contributed by atoms with Crippen LogP contribution in [0.1, 0.15) is 36.8 Å². The van der Waals surface area contributed by atoms with Gasteiger partial charge >= 0.3 is 0 Å². The van der Waals surface area contributed by atoms with E-state index in [1.165, 1.54) is 6.20 Å². The number of nitrogens with zero attached hydrogens (tertiary/aromatic N) is 1. The molecule has 0 unspecified atom stereocenters. The van der Waals surface area contributed by atoms with Crippen molar-refractivity contribution < 1.29 is 19.6 Å². The van der Waals surface area contributed by atoms with Crippen molar-refractivity contribution in [2.45, 2.75) is 6.54 Å². The number of nitrogens with one attached hydrogen (secondary N) is 3. The van der Waals surface area contributed by atoms with E-state index in [9.17, 15) is 14.4 Å². The molecule has 2 aromatic carbocycles. The summed E-state index contributed by atoms with van der Waals surface area (Å²) in [6, 6.07) is 17.1. The van der Waals surface area contributed by atoms with Crippen molar-refractivity contribution in [3.8, 4) is 0 Å². The number of carbonyl (C=O) groups is 3. The van der Waals surface area contributed by atoms with Gasteiger partial charge in [0, 0.05) is 29.7 Å². The summed E-state index contributed by atoms with van der Waals surface area (Å²) in [5.41, 5.74) is 4.59. The van der Waals surface area contributed by atoms with Crippen molar-refractivity contribution in [3.05, 3.63) is 100.0 Å². The van der Waals surface area contributed by atoms with Crippen LogP contribution >= 0.6 is 11.6 Å². The SMILES string of the molecule is O=C(NO)c1ccc(CNc2ccc(NC3=C(Cl)C(=O)c4ncccc4C3=O)cc2)cc1. The van der Waals surface area contributed by atoms with Gasteiger partial charge in [-0.3, -0.25) is 24.6 Å². The van der Waals surface area contributed by atoms with E-state index in [4.69, 9.17) is 16.8 Å². The van der Waals surface area contributed by atoms with Gasteiger partial charge < -0.3 is 10.6 Å². The molecule has 0 radical (unpaired) electrons. The monoisotopic (exact) mass is 448 g/mol. The van der Waals surface area contributed by atoms with Crippen molar-refractivity contribution in [2.75, 3.05) is 10.6 Å². The third-order valence-corrected chi connectivity index (χ3v) is 5.24. The van der Waals surface area contributed by atoms with Crippen LogP contribution < -0.4 is 16.1 Å². The van der Waals surface area contributed by atoms with Crippen LogP contribution in [-0.4, -0.2) is 27.7 Å². The molecule has 3 aromatic rings. The lowest BCUT2D eigenvalue weighted by Gasteiger charge is -2.18. The highest BCUT2D eigenvalue weighted by Gasteiger charge is 2.32. The summed E-state index contributed by atoms with van der Waals surface area (Å²) < 4.78 is 0. The molecule has 0 bridgehead atoms. The van der Waals surface area contributed by atoms with Crippen LogP contribution in [0.2, 0.25) is 0 Å². The lowest BCUT2D eigenvalue weighted by Crippen LogP contribution is -2.25. The number of ketones is 2. The summed E-state index contributed by atoms with van der Waals surface area (Å²) in [6.45, 7) is 0.515. The van der Waals surface area contributed by atoms with Crippen molar-refractivity contribution in [1.29, 1.82) is 0 Å². The largest absolute Gasteiger partial charge is 0.381 e. The first kappa shape index (κ1) is 21.2. The molecular formula is C23H17ClN4O4. The Morgan fingerprint density at radius 1 is 0.938 bits per heavy atom. The Labute approximate surface area is 187 Å². The highest BCUT2D eigenvalue weighted by Crippen LogP contribution is 2.28. The van der Waals surface area contributed by atoms with Gasteiger partial charge in [0.2, 0.25) is 11.6 Å². The van der Waals surface area contributed by atoms with Crippen LogP contribution in [0.3, 0.4) is 0 Å². The number of amides is 1. The second kappa shape index (κ2) is 9.01. The number of rotatable bonds is 6. The number of carbonyl (C=O) groups excluding carboxylic acids is 3. The number of allylic oxidation sites excluding steroid dienone is 2. The molecule has 1 aliphatic carbocycles. The van der Waals surface area contributed by atoms with E-state index in [1.807, 2.05) is 12.1 Å². The summed E-state index contributed by atoms with van der Waals surface area (Å²) in [4.78, 5) is 40.5. The zero-order valence-electron chi connectivity index (χ0n) is 16.6. The van der Waals surface area contributed by atoms with Crippen molar-refractivity contribution in [3.63, 3.8) is 0 Å². The van der Waals surface area contributed by atoms with E-state index >= 15 is 0 Å². The molecule has 1 amide bonds. The molecule has 160 valence electrons. The average Bonchev–Trinajstić information content (AvgIpc) is 2.84. The number of fused-ring (bicyclic) bond motifs is 1. The van der Waals surface area contributed by atoms with Gasteiger partial charge in [0.05, 0.1) is 5.56 Å². The number of hydrogen-bond donors (Lipinski definition) is 4. The number of anilines is 2. The van der Waals surface area contributed by atoms with E-state index in [0.717, 1.165) is 11.3 Å². The van der Waals surface area contributed by atoms with Gasteiger partial charge in [-0.15, -0.1) is 0 Å². The first-order valence-electron chi connectivity index (χ1n) is 9.56. The smallest absolute Gasteiger partial charge is 0.274 e. The molecule has 4 rings (SSSR count). The zero-order valence-corrected chi connectivity index (χ0v) is 17.3. The van der Waals surface area contributed by atoms with E-state index in [2.05, 4.69) is 15.6 Å². The first-order chi connectivity index (χ1) is 15.5. The topological polar surface area (TPSA) is 120 Å². The van der Waals surface area contributed by atoms with Crippen LogP contribution in [0.15, 0.2) is 77.6 Å². The average molecular weight is 449 g/mol. The number of hydroxylamine groups is 1. The molecule has 0 atom stereocenters. The van der Waals surface area contributed by atoms with Gasteiger partial charge in [0.25, 0.3) is 5.91 Å². The molecule has 0 fully saturated rings. The predicted molar refractivity (Wildman–Crippen MR) is 119 cm³/mol. The van der Waals surface area contributed by atoms with Gasteiger partial charge in [-0.05, 0) is 54.1 Å². The highest BCUT2D eigenvalue weighted by molar-refractivity contribution is 6.50. The fourth-order valence-electron chi connectivity index (χ4n) is 3.19. The highest BCUT2D eigenvalue weighted by atomic mass is 35.5. The normalized spacial score (nSPS) is 12.9. The van der Waals surface area contributed by atoms with Crippen LogP contribution in [0.4, 0.5) is 11.4 Å².